The second-order valence-corrected chi connectivity index (χ2v) is 6.21. The van der Waals surface area contributed by atoms with E-state index >= 15 is 0 Å². The first-order chi connectivity index (χ1) is 10.1. The highest BCUT2D eigenvalue weighted by atomic mass is 79.9. The Labute approximate surface area is 132 Å². The molecule has 0 unspecified atom stereocenters. The number of carboxylic acid groups (broad SMARTS) is 1. The molecule has 0 fully saturated rings. The Bertz CT molecular complexity index is 819. The van der Waals surface area contributed by atoms with Crippen LogP contribution >= 0.6 is 27.3 Å². The summed E-state index contributed by atoms with van der Waals surface area (Å²) in [5, 5.41) is 15.1. The van der Waals surface area contributed by atoms with Crippen molar-refractivity contribution in [3.8, 4) is 0 Å². The fraction of sp³-hybridized carbons (Fsp3) is 0.0714. The van der Waals surface area contributed by atoms with Gasteiger partial charge in [0.25, 0.3) is 0 Å². The third-order valence-electron chi connectivity index (χ3n) is 2.85. The molecule has 2 heterocycles. The molecule has 0 amide bonds. The number of rotatable bonds is 4. The molecule has 1 aromatic carbocycles. The number of carboxylic acids is 1. The van der Waals surface area contributed by atoms with Crippen LogP contribution in [0.5, 0.6) is 0 Å². The first-order valence-corrected chi connectivity index (χ1v) is 7.77. The van der Waals surface area contributed by atoms with Crippen LogP contribution < -0.4 is 5.32 Å². The van der Waals surface area contributed by atoms with Crippen molar-refractivity contribution in [2.45, 2.75) is 6.54 Å². The van der Waals surface area contributed by atoms with Crippen LogP contribution in [0, 0.1) is 0 Å². The van der Waals surface area contributed by atoms with Crippen LogP contribution in [0.15, 0.2) is 40.2 Å². The number of halogens is 1. The van der Waals surface area contributed by atoms with Crippen LogP contribution in [0.4, 0.5) is 5.82 Å². The molecule has 2 N–H and O–H groups in total. The van der Waals surface area contributed by atoms with Crippen molar-refractivity contribution in [2.24, 2.45) is 0 Å². The van der Waals surface area contributed by atoms with Gasteiger partial charge in [-0.25, -0.2) is 14.8 Å². The third-order valence-corrected chi connectivity index (χ3v) is 4.54. The van der Waals surface area contributed by atoms with E-state index < -0.39 is 5.97 Å². The number of nitrogens with one attached hydrogen (secondary N) is 1. The normalized spacial score (nSPS) is 10.7. The smallest absolute Gasteiger partial charge is 0.374 e. The maximum atomic E-state index is 11.1. The highest BCUT2D eigenvalue weighted by molar-refractivity contribution is 9.10. The molecule has 0 aliphatic rings. The van der Waals surface area contributed by atoms with Crippen LogP contribution in [0.1, 0.15) is 15.5 Å². The zero-order valence-corrected chi connectivity index (χ0v) is 13.1. The molecule has 21 heavy (non-hydrogen) atoms. The predicted molar refractivity (Wildman–Crippen MR) is 85.8 cm³/mol. The molecule has 0 radical (unpaired) electrons. The molecule has 106 valence electrons. The first-order valence-electron chi connectivity index (χ1n) is 6.10. The number of anilines is 1. The molecule has 0 spiro atoms. The Morgan fingerprint density at radius 1 is 1.33 bits per heavy atom. The van der Waals surface area contributed by atoms with Crippen LogP contribution in [0.2, 0.25) is 0 Å². The summed E-state index contributed by atoms with van der Waals surface area (Å²) < 4.78 is 1.03. The summed E-state index contributed by atoms with van der Waals surface area (Å²) >= 11 is 5.02. The average molecular weight is 364 g/mol. The zero-order chi connectivity index (χ0) is 14.8. The largest absolute Gasteiger partial charge is 0.475 e. The highest BCUT2D eigenvalue weighted by Gasteiger charge is 2.12. The maximum Gasteiger partial charge on any atom is 0.374 e. The van der Waals surface area contributed by atoms with Crippen molar-refractivity contribution < 1.29 is 9.90 Å². The fourth-order valence-corrected chi connectivity index (χ4v) is 3.32. The van der Waals surface area contributed by atoms with Crippen LogP contribution in [-0.4, -0.2) is 21.0 Å². The quantitative estimate of drug-likeness (QED) is 0.737. The van der Waals surface area contributed by atoms with Gasteiger partial charge in [0.2, 0.25) is 5.82 Å². The van der Waals surface area contributed by atoms with Gasteiger partial charge in [-0.15, -0.1) is 11.3 Å². The van der Waals surface area contributed by atoms with Crippen molar-refractivity contribution >= 4 is 50.0 Å². The van der Waals surface area contributed by atoms with E-state index in [9.17, 15) is 4.79 Å². The lowest BCUT2D eigenvalue weighted by molar-refractivity contribution is 0.0684. The molecule has 2 aromatic heterocycles. The minimum Gasteiger partial charge on any atom is -0.475 e. The molecular formula is C14H10BrN3O2S. The van der Waals surface area contributed by atoms with E-state index in [4.69, 9.17) is 5.11 Å². The summed E-state index contributed by atoms with van der Waals surface area (Å²) in [6, 6.07) is 9.35. The molecule has 3 aromatic rings. The van der Waals surface area contributed by atoms with E-state index in [2.05, 4.69) is 31.2 Å². The number of carbonyl (C=O) groups is 1. The molecule has 3 rings (SSSR count). The van der Waals surface area contributed by atoms with Gasteiger partial charge < -0.3 is 10.4 Å². The lowest BCUT2D eigenvalue weighted by Crippen LogP contribution is -2.09. The van der Waals surface area contributed by atoms with E-state index in [0.717, 1.165) is 14.7 Å². The summed E-state index contributed by atoms with van der Waals surface area (Å²) in [5.74, 6) is -0.811. The Morgan fingerprint density at radius 2 is 2.14 bits per heavy atom. The van der Waals surface area contributed by atoms with Crippen LogP contribution in [-0.2, 0) is 6.54 Å². The molecular weight excluding hydrogens is 354 g/mol. The minimum atomic E-state index is -1.14. The average Bonchev–Trinajstić information content (AvgIpc) is 2.90. The first kappa shape index (κ1) is 14.0. The minimum absolute atomic E-state index is 0.205. The summed E-state index contributed by atoms with van der Waals surface area (Å²) in [4.78, 5) is 20.4. The maximum absolute atomic E-state index is 11.1. The van der Waals surface area contributed by atoms with E-state index in [0.29, 0.717) is 17.9 Å². The van der Waals surface area contributed by atoms with E-state index in [1.165, 1.54) is 0 Å². The number of para-hydroxylation sites is 1. The number of fused-ring (bicyclic) bond motifs is 1. The lowest BCUT2D eigenvalue weighted by atomic mass is 10.2. The van der Waals surface area contributed by atoms with Crippen molar-refractivity contribution in [3.63, 3.8) is 0 Å². The van der Waals surface area contributed by atoms with Gasteiger partial charge in [0.1, 0.15) is 5.82 Å². The summed E-state index contributed by atoms with van der Waals surface area (Å²) in [7, 11) is 0. The molecule has 7 heteroatoms. The highest BCUT2D eigenvalue weighted by Crippen LogP contribution is 2.23. The van der Waals surface area contributed by atoms with Gasteiger partial charge in [0.05, 0.1) is 12.1 Å². The van der Waals surface area contributed by atoms with Gasteiger partial charge in [-0.3, -0.25) is 0 Å². The fourth-order valence-electron chi connectivity index (χ4n) is 1.92. The standard InChI is InChI=1S/C14H10BrN3O2S/c15-8-5-9(21-7-8)6-16-12-10-3-1-2-4-11(10)17-13(18-12)14(19)20/h1-5,7H,6H2,(H,19,20)(H,16,17,18). The van der Waals surface area contributed by atoms with Gasteiger partial charge in [-0.05, 0) is 34.1 Å². The number of aromatic carboxylic acids is 1. The number of benzene rings is 1. The topological polar surface area (TPSA) is 75.1 Å². The van der Waals surface area contributed by atoms with E-state index in [1.54, 1.807) is 17.4 Å². The number of aromatic nitrogens is 2. The number of thiophene rings is 1. The number of nitrogens with zero attached hydrogens (tertiary/aromatic N) is 2. The SMILES string of the molecule is O=C(O)c1nc(NCc2cc(Br)cs2)c2ccccc2n1. The second-order valence-electron chi connectivity index (χ2n) is 4.30. The molecule has 0 saturated heterocycles. The number of hydrogen-bond donors (Lipinski definition) is 2. The summed E-state index contributed by atoms with van der Waals surface area (Å²) in [5.41, 5.74) is 0.611. The predicted octanol–water partition coefficient (Wildman–Crippen LogP) is 3.76. The van der Waals surface area contributed by atoms with Crippen molar-refractivity contribution in [1.29, 1.82) is 0 Å². The van der Waals surface area contributed by atoms with Gasteiger partial charge >= 0.3 is 5.97 Å². The van der Waals surface area contributed by atoms with Gasteiger partial charge in [-0.2, -0.15) is 0 Å². The van der Waals surface area contributed by atoms with Crippen LogP contribution in [0.25, 0.3) is 10.9 Å². The third kappa shape index (κ3) is 3.03. The summed E-state index contributed by atoms with van der Waals surface area (Å²) in [6.45, 7) is 0.580. The van der Waals surface area contributed by atoms with Gasteiger partial charge in [0, 0.05) is 20.1 Å². The molecule has 0 aliphatic carbocycles. The Hall–Kier alpha value is -1.99. The summed E-state index contributed by atoms with van der Waals surface area (Å²) in [6.07, 6.45) is 0. The van der Waals surface area contributed by atoms with Gasteiger partial charge in [0.15, 0.2) is 0 Å². The second kappa shape index (κ2) is 5.79. The lowest BCUT2D eigenvalue weighted by Gasteiger charge is -2.08. The van der Waals surface area contributed by atoms with E-state index in [1.807, 2.05) is 29.6 Å². The van der Waals surface area contributed by atoms with Crippen LogP contribution in [0.3, 0.4) is 0 Å². The molecule has 5 nitrogen and oxygen atoms in total. The Morgan fingerprint density at radius 3 is 2.86 bits per heavy atom. The Kier molecular flexibility index (Phi) is 3.85. The zero-order valence-electron chi connectivity index (χ0n) is 10.7. The molecule has 0 saturated carbocycles. The molecule has 0 atom stereocenters. The van der Waals surface area contributed by atoms with Crippen molar-refractivity contribution in [3.05, 3.63) is 50.9 Å². The van der Waals surface area contributed by atoms with Crippen molar-refractivity contribution in [1.82, 2.24) is 9.97 Å². The molecule has 0 aliphatic heterocycles. The van der Waals surface area contributed by atoms with Gasteiger partial charge in [-0.1, -0.05) is 12.1 Å². The molecule has 0 bridgehead atoms. The van der Waals surface area contributed by atoms with Crippen molar-refractivity contribution in [2.75, 3.05) is 5.32 Å². The van der Waals surface area contributed by atoms with E-state index in [-0.39, 0.29) is 5.82 Å². The monoisotopic (exact) mass is 363 g/mol. The Balaban J connectivity index is 1.97. The number of hydrogen-bond acceptors (Lipinski definition) is 5.